The summed E-state index contributed by atoms with van der Waals surface area (Å²) in [6.45, 7) is 0. The van der Waals surface area contributed by atoms with Gasteiger partial charge in [-0.3, -0.25) is 10.1 Å². The van der Waals surface area contributed by atoms with Crippen molar-refractivity contribution in [3.63, 3.8) is 0 Å². The van der Waals surface area contributed by atoms with Crippen molar-refractivity contribution in [2.24, 2.45) is 0 Å². The summed E-state index contributed by atoms with van der Waals surface area (Å²) in [5.41, 5.74) is 5.46. The van der Waals surface area contributed by atoms with E-state index in [1.165, 1.54) is 6.07 Å². The van der Waals surface area contributed by atoms with Gasteiger partial charge in [-0.25, -0.2) is 0 Å². The van der Waals surface area contributed by atoms with Crippen LogP contribution >= 0.6 is 34.2 Å². The molecule has 0 saturated carbocycles. The van der Waals surface area contributed by atoms with Crippen LogP contribution in [0.3, 0.4) is 0 Å². The molecule has 0 aliphatic carbocycles. The highest BCUT2D eigenvalue weighted by molar-refractivity contribution is 14.1. The normalized spacial score (nSPS) is 9.83. The van der Waals surface area contributed by atoms with Crippen molar-refractivity contribution in [1.82, 2.24) is 0 Å². The Labute approximate surface area is 87.0 Å². The number of rotatable bonds is 1. The largest absolute Gasteiger partial charge is 0.392 e. The van der Waals surface area contributed by atoms with Crippen LogP contribution in [0.15, 0.2) is 12.1 Å². The topological polar surface area (TPSA) is 69.2 Å². The van der Waals surface area contributed by atoms with Gasteiger partial charge >= 0.3 is 0 Å². The molecule has 0 bridgehead atoms. The number of anilines is 1. The predicted octanol–water partition coefficient (Wildman–Crippen LogP) is 2.44. The minimum absolute atomic E-state index is 0.146. The van der Waals surface area contributed by atoms with Crippen LogP contribution in [-0.4, -0.2) is 4.92 Å². The second-order valence-electron chi connectivity index (χ2n) is 2.08. The fourth-order valence-corrected chi connectivity index (χ4v) is 1.73. The Hall–Kier alpha value is -0.560. The van der Waals surface area contributed by atoms with Gasteiger partial charge in [0.15, 0.2) is 0 Å². The highest BCUT2D eigenvalue weighted by atomic mass is 127. The minimum atomic E-state index is -0.552. The summed E-state index contributed by atoms with van der Waals surface area (Å²) in [4.78, 5) is 9.84. The SMILES string of the molecule is Nc1c(I)cc(Cl)cc1[N+](=O)[O-]. The van der Waals surface area contributed by atoms with E-state index in [-0.39, 0.29) is 11.4 Å². The molecule has 0 spiro atoms. The van der Waals surface area contributed by atoms with Crippen LogP contribution in [0.4, 0.5) is 11.4 Å². The Balaban J connectivity index is 3.37. The highest BCUT2D eigenvalue weighted by Gasteiger charge is 2.14. The van der Waals surface area contributed by atoms with Crippen molar-refractivity contribution in [2.45, 2.75) is 0 Å². The molecule has 1 aromatic rings. The number of hydrogen-bond donors (Lipinski definition) is 1. The standard InChI is InChI=1S/C6H4ClIN2O2/c7-3-1-4(8)6(9)5(2-3)10(11)12/h1-2H,9H2. The highest BCUT2D eigenvalue weighted by Crippen LogP contribution is 2.30. The lowest BCUT2D eigenvalue weighted by Gasteiger charge is -1.99. The zero-order valence-corrected chi connectivity index (χ0v) is 8.67. The monoisotopic (exact) mass is 298 g/mol. The van der Waals surface area contributed by atoms with Gasteiger partial charge in [0, 0.05) is 14.7 Å². The summed E-state index contributed by atoms with van der Waals surface area (Å²) in [6, 6.07) is 2.81. The molecule has 0 saturated heterocycles. The van der Waals surface area contributed by atoms with Crippen molar-refractivity contribution >= 4 is 45.6 Å². The quantitative estimate of drug-likeness (QED) is 0.375. The third-order valence-corrected chi connectivity index (χ3v) is 2.38. The molecule has 0 heterocycles. The number of nitrogens with two attached hydrogens (primary N) is 1. The summed E-state index contributed by atoms with van der Waals surface area (Å²) in [7, 11) is 0. The first kappa shape index (κ1) is 9.53. The fourth-order valence-electron chi connectivity index (χ4n) is 0.722. The summed E-state index contributed by atoms with van der Waals surface area (Å²) >= 11 is 7.50. The molecule has 64 valence electrons. The molecule has 0 fully saturated rings. The molecule has 0 aliphatic rings. The summed E-state index contributed by atoms with van der Waals surface area (Å²) in [5.74, 6) is 0. The van der Waals surface area contributed by atoms with Crippen LogP contribution in [-0.2, 0) is 0 Å². The molecule has 0 aliphatic heterocycles. The van der Waals surface area contributed by atoms with Gasteiger partial charge in [-0.15, -0.1) is 0 Å². The van der Waals surface area contributed by atoms with Crippen molar-refractivity contribution in [3.8, 4) is 0 Å². The Morgan fingerprint density at radius 3 is 2.67 bits per heavy atom. The van der Waals surface area contributed by atoms with Crippen LogP contribution in [0.2, 0.25) is 5.02 Å². The Morgan fingerprint density at radius 2 is 2.17 bits per heavy atom. The van der Waals surface area contributed by atoms with E-state index >= 15 is 0 Å². The zero-order chi connectivity index (χ0) is 9.30. The molecule has 2 N–H and O–H groups in total. The van der Waals surface area contributed by atoms with Gasteiger partial charge in [0.1, 0.15) is 5.69 Å². The van der Waals surface area contributed by atoms with Crippen LogP contribution < -0.4 is 5.73 Å². The second kappa shape index (κ2) is 3.44. The lowest BCUT2D eigenvalue weighted by molar-refractivity contribution is -0.383. The van der Waals surface area contributed by atoms with E-state index < -0.39 is 4.92 Å². The molecule has 0 unspecified atom stereocenters. The number of nitrogens with zero attached hydrogens (tertiary/aromatic N) is 1. The lowest BCUT2D eigenvalue weighted by Crippen LogP contribution is -1.97. The molecular formula is C6H4ClIN2O2. The van der Waals surface area contributed by atoms with Gasteiger partial charge in [-0.1, -0.05) is 11.6 Å². The van der Waals surface area contributed by atoms with E-state index in [4.69, 9.17) is 17.3 Å². The van der Waals surface area contributed by atoms with Gasteiger partial charge < -0.3 is 5.73 Å². The van der Waals surface area contributed by atoms with Crippen LogP contribution in [0.1, 0.15) is 0 Å². The van der Waals surface area contributed by atoms with Crippen LogP contribution in [0.5, 0.6) is 0 Å². The first-order valence-corrected chi connectivity index (χ1v) is 4.37. The van der Waals surface area contributed by atoms with Gasteiger partial charge in [0.05, 0.1) is 4.92 Å². The molecule has 6 heteroatoms. The van der Waals surface area contributed by atoms with Crippen molar-refractivity contribution in [3.05, 3.63) is 30.8 Å². The van der Waals surface area contributed by atoms with Crippen LogP contribution in [0, 0.1) is 13.7 Å². The van der Waals surface area contributed by atoms with Crippen molar-refractivity contribution in [2.75, 3.05) is 5.73 Å². The minimum Gasteiger partial charge on any atom is -0.392 e. The maximum Gasteiger partial charge on any atom is 0.294 e. The number of nitrogen functional groups attached to an aromatic ring is 1. The molecule has 0 radical (unpaired) electrons. The average Bonchev–Trinajstić information content (AvgIpc) is 1.96. The third kappa shape index (κ3) is 1.78. The molecule has 0 amide bonds. The molecule has 1 aromatic carbocycles. The maximum atomic E-state index is 10.4. The molecule has 0 aromatic heterocycles. The first-order valence-electron chi connectivity index (χ1n) is 2.91. The maximum absolute atomic E-state index is 10.4. The smallest absolute Gasteiger partial charge is 0.294 e. The molecule has 12 heavy (non-hydrogen) atoms. The fraction of sp³-hybridized carbons (Fsp3) is 0. The third-order valence-electron chi connectivity index (χ3n) is 1.27. The van der Waals surface area contributed by atoms with Gasteiger partial charge in [-0.2, -0.15) is 0 Å². The number of benzene rings is 1. The number of nitro benzene ring substituents is 1. The van der Waals surface area contributed by atoms with E-state index in [2.05, 4.69) is 0 Å². The summed E-state index contributed by atoms with van der Waals surface area (Å²) < 4.78 is 0.590. The second-order valence-corrected chi connectivity index (χ2v) is 3.68. The first-order chi connectivity index (χ1) is 5.52. The summed E-state index contributed by atoms with van der Waals surface area (Å²) in [6.07, 6.45) is 0. The molecular weight excluding hydrogens is 294 g/mol. The van der Waals surface area contributed by atoms with E-state index in [1.54, 1.807) is 6.07 Å². The zero-order valence-electron chi connectivity index (χ0n) is 5.75. The number of nitro groups is 1. The van der Waals surface area contributed by atoms with Gasteiger partial charge in [0.25, 0.3) is 5.69 Å². The van der Waals surface area contributed by atoms with E-state index in [1.807, 2.05) is 22.6 Å². The number of hydrogen-bond acceptors (Lipinski definition) is 3. The summed E-state index contributed by atoms with van der Waals surface area (Å²) in [5, 5.41) is 10.7. The Morgan fingerprint density at radius 1 is 1.58 bits per heavy atom. The Kier molecular flexibility index (Phi) is 2.73. The number of halogens is 2. The van der Waals surface area contributed by atoms with E-state index in [9.17, 15) is 10.1 Å². The van der Waals surface area contributed by atoms with E-state index in [0.29, 0.717) is 8.59 Å². The van der Waals surface area contributed by atoms with Crippen molar-refractivity contribution < 1.29 is 4.92 Å². The predicted molar refractivity (Wildman–Crippen MR) is 55.2 cm³/mol. The van der Waals surface area contributed by atoms with E-state index in [0.717, 1.165) is 0 Å². The van der Waals surface area contributed by atoms with Gasteiger partial charge in [-0.05, 0) is 28.7 Å². The van der Waals surface area contributed by atoms with Gasteiger partial charge in [0.2, 0.25) is 0 Å². The lowest BCUT2D eigenvalue weighted by atomic mass is 10.3. The van der Waals surface area contributed by atoms with Crippen LogP contribution in [0.25, 0.3) is 0 Å². The van der Waals surface area contributed by atoms with Crippen molar-refractivity contribution in [1.29, 1.82) is 0 Å². The Bertz CT molecular complexity index is 343. The molecule has 1 rings (SSSR count). The molecule has 0 atom stereocenters. The molecule has 4 nitrogen and oxygen atoms in total. The average molecular weight is 298 g/mol.